The lowest BCUT2D eigenvalue weighted by Gasteiger charge is -2.21. The first kappa shape index (κ1) is 17.9. The molecule has 1 N–H and O–H groups in total. The molecule has 1 aliphatic carbocycles. The van der Waals surface area contributed by atoms with Crippen LogP contribution in [0.2, 0.25) is 0 Å². The Kier molecular flexibility index (Phi) is 5.46. The lowest BCUT2D eigenvalue weighted by molar-refractivity contribution is 0.0980. The van der Waals surface area contributed by atoms with Crippen LogP contribution in [0.4, 0.5) is 0 Å². The molecule has 0 radical (unpaired) electrons. The Hall–Kier alpha value is -1.41. The van der Waals surface area contributed by atoms with Crippen molar-refractivity contribution in [1.29, 1.82) is 0 Å². The van der Waals surface area contributed by atoms with E-state index in [4.69, 9.17) is 0 Å². The standard InChI is InChI=1S/C15H21NO5S2/c1-2-22(18,19)13-10-8-12(9-11-13)15(17)16-23(20,21)14-6-4-3-5-7-14/h8-11,14H,2-7H2,1H3,(H,16,17). The first-order valence-corrected chi connectivity index (χ1v) is 10.8. The van der Waals surface area contributed by atoms with E-state index in [-0.39, 0.29) is 16.2 Å². The third-order valence-electron chi connectivity index (χ3n) is 4.08. The minimum atomic E-state index is -3.69. The van der Waals surface area contributed by atoms with E-state index < -0.39 is 31.0 Å². The van der Waals surface area contributed by atoms with Gasteiger partial charge in [-0.25, -0.2) is 21.6 Å². The lowest BCUT2D eigenvalue weighted by atomic mass is 10.0. The van der Waals surface area contributed by atoms with Crippen molar-refractivity contribution in [2.45, 2.75) is 49.2 Å². The predicted octanol–water partition coefficient (Wildman–Crippen LogP) is 1.87. The number of rotatable bonds is 5. The van der Waals surface area contributed by atoms with E-state index in [9.17, 15) is 21.6 Å². The zero-order valence-corrected chi connectivity index (χ0v) is 14.6. The van der Waals surface area contributed by atoms with E-state index in [1.54, 1.807) is 0 Å². The largest absolute Gasteiger partial charge is 0.268 e. The van der Waals surface area contributed by atoms with Gasteiger partial charge in [-0.1, -0.05) is 26.2 Å². The van der Waals surface area contributed by atoms with Crippen LogP contribution in [0.25, 0.3) is 0 Å². The number of nitrogens with one attached hydrogen (secondary N) is 1. The van der Waals surface area contributed by atoms with Gasteiger partial charge in [0.2, 0.25) is 10.0 Å². The summed E-state index contributed by atoms with van der Waals surface area (Å²) in [4.78, 5) is 12.2. The summed E-state index contributed by atoms with van der Waals surface area (Å²) >= 11 is 0. The summed E-state index contributed by atoms with van der Waals surface area (Å²) in [5, 5.41) is -0.528. The number of carbonyl (C=O) groups is 1. The average Bonchev–Trinajstić information content (AvgIpc) is 2.55. The van der Waals surface area contributed by atoms with E-state index in [1.165, 1.54) is 31.2 Å². The SMILES string of the molecule is CCS(=O)(=O)c1ccc(C(=O)NS(=O)(=O)C2CCCCC2)cc1. The Bertz CT molecular complexity index is 761. The van der Waals surface area contributed by atoms with Crippen LogP contribution in [0, 0.1) is 0 Å². The molecule has 1 amide bonds. The molecule has 6 nitrogen and oxygen atoms in total. The van der Waals surface area contributed by atoms with Gasteiger partial charge in [-0.15, -0.1) is 0 Å². The first-order valence-electron chi connectivity index (χ1n) is 7.65. The first-order chi connectivity index (χ1) is 10.8. The molecule has 1 aliphatic rings. The molecule has 1 aromatic rings. The van der Waals surface area contributed by atoms with E-state index >= 15 is 0 Å². The van der Waals surface area contributed by atoms with Crippen LogP contribution in [0.15, 0.2) is 29.2 Å². The summed E-state index contributed by atoms with van der Waals surface area (Å²) in [5.41, 5.74) is 0.124. The fraction of sp³-hybridized carbons (Fsp3) is 0.533. The maximum Gasteiger partial charge on any atom is 0.264 e. The van der Waals surface area contributed by atoms with Crippen molar-refractivity contribution >= 4 is 25.8 Å². The van der Waals surface area contributed by atoms with Gasteiger partial charge in [0.25, 0.3) is 5.91 Å². The molecule has 0 bridgehead atoms. The quantitative estimate of drug-likeness (QED) is 0.865. The van der Waals surface area contributed by atoms with Crippen molar-refractivity contribution in [1.82, 2.24) is 4.72 Å². The van der Waals surface area contributed by atoms with Crippen molar-refractivity contribution in [3.63, 3.8) is 0 Å². The van der Waals surface area contributed by atoms with Gasteiger partial charge in [-0.2, -0.15) is 0 Å². The predicted molar refractivity (Wildman–Crippen MR) is 87.4 cm³/mol. The van der Waals surface area contributed by atoms with Crippen LogP contribution in [-0.4, -0.2) is 33.7 Å². The summed E-state index contributed by atoms with van der Waals surface area (Å²) < 4.78 is 50.0. The normalized spacial score (nSPS) is 16.9. The number of carbonyl (C=O) groups excluding carboxylic acids is 1. The molecule has 0 atom stereocenters. The van der Waals surface area contributed by atoms with Crippen molar-refractivity contribution in [3.8, 4) is 0 Å². The van der Waals surface area contributed by atoms with Crippen molar-refractivity contribution in [3.05, 3.63) is 29.8 Å². The van der Waals surface area contributed by atoms with Crippen LogP contribution in [0.5, 0.6) is 0 Å². The molecule has 23 heavy (non-hydrogen) atoms. The minimum absolute atomic E-state index is 0.0331. The molecule has 0 spiro atoms. The molecule has 0 heterocycles. The Labute approximate surface area is 137 Å². The number of hydrogen-bond donors (Lipinski definition) is 1. The molecule has 128 valence electrons. The second-order valence-corrected chi connectivity index (χ2v) is 9.90. The smallest absolute Gasteiger partial charge is 0.264 e. The molecule has 8 heteroatoms. The molecular weight excluding hydrogens is 338 g/mol. The van der Waals surface area contributed by atoms with Crippen LogP contribution in [0.3, 0.4) is 0 Å². The fourth-order valence-corrected chi connectivity index (χ4v) is 5.01. The van der Waals surface area contributed by atoms with Gasteiger partial charge < -0.3 is 0 Å². The van der Waals surface area contributed by atoms with Crippen molar-refractivity contribution < 1.29 is 21.6 Å². The third-order valence-corrected chi connectivity index (χ3v) is 7.65. The lowest BCUT2D eigenvalue weighted by Crippen LogP contribution is -2.39. The van der Waals surface area contributed by atoms with Gasteiger partial charge in [0.1, 0.15) is 0 Å². The Morgan fingerprint density at radius 2 is 1.61 bits per heavy atom. The number of sulfone groups is 1. The van der Waals surface area contributed by atoms with Gasteiger partial charge in [0.05, 0.1) is 15.9 Å². The summed E-state index contributed by atoms with van der Waals surface area (Å²) in [6.45, 7) is 1.53. The molecule has 2 rings (SSSR count). The van der Waals surface area contributed by atoms with E-state index in [0.717, 1.165) is 19.3 Å². The highest BCUT2D eigenvalue weighted by atomic mass is 32.2. The molecule has 1 saturated carbocycles. The minimum Gasteiger partial charge on any atom is -0.268 e. The molecular formula is C15H21NO5S2. The summed E-state index contributed by atoms with van der Waals surface area (Å²) in [5.74, 6) is -0.759. The van der Waals surface area contributed by atoms with Gasteiger partial charge in [-0.05, 0) is 37.1 Å². The molecule has 0 saturated heterocycles. The molecule has 1 fully saturated rings. The highest BCUT2D eigenvalue weighted by Gasteiger charge is 2.29. The number of sulfonamides is 1. The van der Waals surface area contributed by atoms with Gasteiger partial charge in [0.15, 0.2) is 9.84 Å². The van der Waals surface area contributed by atoms with Crippen molar-refractivity contribution in [2.24, 2.45) is 0 Å². The topological polar surface area (TPSA) is 97.4 Å². The molecule has 1 aromatic carbocycles. The maximum absolute atomic E-state index is 12.2. The zero-order valence-electron chi connectivity index (χ0n) is 13.0. The van der Waals surface area contributed by atoms with Crippen LogP contribution in [0.1, 0.15) is 49.4 Å². The van der Waals surface area contributed by atoms with E-state index in [0.29, 0.717) is 12.8 Å². The second kappa shape index (κ2) is 7.00. The highest BCUT2D eigenvalue weighted by Crippen LogP contribution is 2.23. The van der Waals surface area contributed by atoms with Gasteiger partial charge in [-0.3, -0.25) is 4.79 Å². The summed E-state index contributed by atoms with van der Waals surface area (Å²) in [6, 6.07) is 5.30. The maximum atomic E-state index is 12.2. The summed E-state index contributed by atoms with van der Waals surface area (Å²) in [7, 11) is -7.03. The number of amides is 1. The van der Waals surface area contributed by atoms with Crippen LogP contribution in [-0.2, 0) is 19.9 Å². The number of benzene rings is 1. The fourth-order valence-electron chi connectivity index (χ4n) is 2.63. The van der Waals surface area contributed by atoms with E-state index in [2.05, 4.69) is 4.72 Å². The molecule has 0 aliphatic heterocycles. The summed E-state index contributed by atoms with van der Waals surface area (Å²) in [6.07, 6.45) is 3.85. The van der Waals surface area contributed by atoms with Crippen molar-refractivity contribution in [2.75, 3.05) is 5.75 Å². The Balaban J connectivity index is 2.11. The Morgan fingerprint density at radius 1 is 1.04 bits per heavy atom. The Morgan fingerprint density at radius 3 is 2.13 bits per heavy atom. The molecule has 0 aromatic heterocycles. The van der Waals surface area contributed by atoms with Crippen LogP contribution < -0.4 is 4.72 Å². The van der Waals surface area contributed by atoms with Gasteiger partial charge >= 0.3 is 0 Å². The highest BCUT2D eigenvalue weighted by molar-refractivity contribution is 7.91. The zero-order chi connectivity index (χ0) is 17.1. The molecule has 0 unspecified atom stereocenters. The van der Waals surface area contributed by atoms with Crippen LogP contribution >= 0.6 is 0 Å². The van der Waals surface area contributed by atoms with Gasteiger partial charge in [0, 0.05) is 5.56 Å². The monoisotopic (exact) mass is 359 g/mol. The van der Waals surface area contributed by atoms with E-state index in [1.807, 2.05) is 0 Å². The third kappa shape index (κ3) is 4.32. The second-order valence-electron chi connectivity index (χ2n) is 5.66. The average molecular weight is 359 g/mol. The number of hydrogen-bond acceptors (Lipinski definition) is 5.